The van der Waals surface area contributed by atoms with Gasteiger partial charge in [0.05, 0.1) is 5.60 Å². The Hall–Kier alpha value is -1.87. The second-order valence-electron chi connectivity index (χ2n) is 9.43. The summed E-state index contributed by atoms with van der Waals surface area (Å²) in [6.45, 7) is 2.31. The van der Waals surface area contributed by atoms with Gasteiger partial charge in [-0.15, -0.1) is 0 Å². The molecule has 0 aromatic heterocycles. The summed E-state index contributed by atoms with van der Waals surface area (Å²) in [5.74, 6) is 2.18. The molecule has 0 radical (unpaired) electrons. The van der Waals surface area contributed by atoms with E-state index in [1.54, 1.807) is 5.57 Å². The molecule has 140 valence electrons. The molecule has 0 unspecified atom stereocenters. The number of carbonyl (C=O) groups excluding carboxylic acids is 1. The third-order valence-electron chi connectivity index (χ3n) is 8.27. The number of hydrogen-bond donors (Lipinski definition) is 1. The van der Waals surface area contributed by atoms with Crippen LogP contribution in [0.25, 0.3) is 0 Å². The van der Waals surface area contributed by atoms with Crippen LogP contribution in [0, 0.1) is 11.8 Å². The molecule has 3 fully saturated rings. The Kier molecular flexibility index (Phi) is 3.07. The number of aromatic hydroxyl groups is 1. The number of allylic oxidation sites excluding steroid dienone is 4. The van der Waals surface area contributed by atoms with E-state index >= 15 is 0 Å². The maximum Gasteiger partial charge on any atom is 0.156 e. The van der Waals surface area contributed by atoms with E-state index in [0.717, 1.165) is 25.7 Å². The second-order valence-corrected chi connectivity index (χ2v) is 9.43. The van der Waals surface area contributed by atoms with Gasteiger partial charge < -0.3 is 9.84 Å². The number of phenolic OH excluding ortho intramolecular Hbond substituents is 1. The van der Waals surface area contributed by atoms with Gasteiger partial charge in [-0.1, -0.05) is 17.7 Å². The van der Waals surface area contributed by atoms with Crippen molar-refractivity contribution in [2.24, 2.45) is 11.8 Å². The first kappa shape index (κ1) is 16.1. The molecule has 5 atom stereocenters. The number of rotatable bonds is 1. The molecule has 27 heavy (non-hydrogen) atoms. The lowest BCUT2D eigenvalue weighted by Crippen LogP contribution is -2.42. The Labute approximate surface area is 160 Å². The normalized spacial score (nSPS) is 42.0. The number of ketones is 1. The third kappa shape index (κ3) is 2.04. The zero-order chi connectivity index (χ0) is 18.4. The number of phenols is 1. The molecule has 1 aromatic rings. The molecule has 1 spiro atoms. The Morgan fingerprint density at radius 1 is 1.11 bits per heavy atom. The average Bonchev–Trinajstić information content (AvgIpc) is 3.13. The summed E-state index contributed by atoms with van der Waals surface area (Å²) in [6, 6.07) is 7.79. The van der Waals surface area contributed by atoms with Gasteiger partial charge in [-0.25, -0.2) is 0 Å². The predicted molar refractivity (Wildman–Crippen MR) is 102 cm³/mol. The first-order valence-electron chi connectivity index (χ1n) is 10.5. The van der Waals surface area contributed by atoms with Gasteiger partial charge in [-0.05, 0) is 92.2 Å². The van der Waals surface area contributed by atoms with Crippen LogP contribution in [-0.4, -0.2) is 22.1 Å². The molecule has 0 bridgehead atoms. The van der Waals surface area contributed by atoms with E-state index in [4.69, 9.17) is 4.74 Å². The number of fused-ring (bicyclic) bond motifs is 3. The maximum atomic E-state index is 12.0. The number of hydrogen-bond acceptors (Lipinski definition) is 3. The molecule has 1 N–H and O–H groups in total. The van der Waals surface area contributed by atoms with Crippen LogP contribution in [0.15, 0.2) is 47.1 Å². The summed E-state index contributed by atoms with van der Waals surface area (Å²) in [6.07, 6.45) is 9.18. The molecule has 4 aliphatic carbocycles. The summed E-state index contributed by atoms with van der Waals surface area (Å²) in [5, 5.41) is 9.77. The lowest BCUT2D eigenvalue weighted by atomic mass is 9.57. The third-order valence-corrected chi connectivity index (χ3v) is 8.27. The highest BCUT2D eigenvalue weighted by atomic mass is 16.6. The second kappa shape index (κ2) is 5.14. The number of carbonyl (C=O) groups is 1. The van der Waals surface area contributed by atoms with E-state index in [1.807, 2.05) is 18.2 Å². The summed E-state index contributed by atoms with van der Waals surface area (Å²) in [5.41, 5.74) is 5.79. The minimum atomic E-state index is 0.0516. The van der Waals surface area contributed by atoms with Gasteiger partial charge in [0.2, 0.25) is 0 Å². The van der Waals surface area contributed by atoms with E-state index in [0.29, 0.717) is 35.7 Å². The quantitative estimate of drug-likeness (QED) is 0.729. The lowest BCUT2D eigenvalue weighted by Gasteiger charge is -2.46. The molecular weight excluding hydrogens is 336 g/mol. The highest BCUT2D eigenvalue weighted by Gasteiger charge is 2.77. The molecule has 1 aliphatic heterocycles. The Balaban J connectivity index is 1.53. The largest absolute Gasteiger partial charge is 0.508 e. The van der Waals surface area contributed by atoms with Crippen molar-refractivity contribution in [3.8, 4) is 5.75 Å². The smallest absolute Gasteiger partial charge is 0.156 e. The summed E-state index contributed by atoms with van der Waals surface area (Å²) < 4.78 is 6.47. The van der Waals surface area contributed by atoms with Crippen molar-refractivity contribution in [2.75, 3.05) is 0 Å². The minimum absolute atomic E-state index is 0.0516. The zero-order valence-electron chi connectivity index (χ0n) is 15.8. The summed E-state index contributed by atoms with van der Waals surface area (Å²) in [4.78, 5) is 12.0. The van der Waals surface area contributed by atoms with Crippen LogP contribution in [0.5, 0.6) is 5.75 Å². The van der Waals surface area contributed by atoms with E-state index < -0.39 is 0 Å². The Morgan fingerprint density at radius 2 is 1.93 bits per heavy atom. The van der Waals surface area contributed by atoms with E-state index in [9.17, 15) is 9.90 Å². The van der Waals surface area contributed by atoms with E-state index in [1.165, 1.54) is 29.6 Å². The van der Waals surface area contributed by atoms with Crippen molar-refractivity contribution in [1.82, 2.24) is 0 Å². The highest BCUT2D eigenvalue weighted by molar-refractivity contribution is 5.93. The van der Waals surface area contributed by atoms with Crippen LogP contribution in [0.1, 0.15) is 63.4 Å². The van der Waals surface area contributed by atoms with Crippen molar-refractivity contribution in [1.29, 1.82) is 0 Å². The zero-order valence-corrected chi connectivity index (χ0v) is 15.8. The molecule has 1 aromatic carbocycles. The molecule has 5 aliphatic rings. The fraction of sp³-hybridized carbons (Fsp3) is 0.542. The van der Waals surface area contributed by atoms with Crippen molar-refractivity contribution >= 4 is 5.78 Å². The molecule has 1 heterocycles. The fourth-order valence-electron chi connectivity index (χ4n) is 7.02. The lowest BCUT2D eigenvalue weighted by molar-refractivity contribution is -0.114. The van der Waals surface area contributed by atoms with Gasteiger partial charge in [0.25, 0.3) is 0 Å². The summed E-state index contributed by atoms with van der Waals surface area (Å²) >= 11 is 0. The van der Waals surface area contributed by atoms with Gasteiger partial charge >= 0.3 is 0 Å². The van der Waals surface area contributed by atoms with Crippen LogP contribution in [-0.2, 0) is 9.53 Å². The van der Waals surface area contributed by atoms with Crippen LogP contribution in [0.3, 0.4) is 0 Å². The van der Waals surface area contributed by atoms with Crippen molar-refractivity contribution in [3.63, 3.8) is 0 Å². The molecule has 6 rings (SSSR count). The topological polar surface area (TPSA) is 49.8 Å². The van der Waals surface area contributed by atoms with Gasteiger partial charge in [-0.2, -0.15) is 0 Å². The van der Waals surface area contributed by atoms with E-state index in [-0.39, 0.29) is 11.2 Å². The summed E-state index contributed by atoms with van der Waals surface area (Å²) in [7, 11) is 0. The number of benzene rings is 1. The van der Waals surface area contributed by atoms with Gasteiger partial charge in [0.15, 0.2) is 5.78 Å². The van der Waals surface area contributed by atoms with Crippen LogP contribution in [0.4, 0.5) is 0 Å². The Bertz CT molecular complexity index is 908. The molecular formula is C24H26O3. The van der Waals surface area contributed by atoms with Gasteiger partial charge in [-0.3, -0.25) is 4.79 Å². The SMILES string of the molecule is C[C@]12CC[C@H]3[C@@H]4CCC5=CC(=O)CCC5=C4[C@@H](c4ccc(O)cc4)C[C@@]31O2. The van der Waals surface area contributed by atoms with Gasteiger partial charge in [0, 0.05) is 12.3 Å². The van der Waals surface area contributed by atoms with Crippen LogP contribution >= 0.6 is 0 Å². The first-order chi connectivity index (χ1) is 13.0. The number of epoxide rings is 1. The fourth-order valence-corrected chi connectivity index (χ4v) is 7.02. The standard InChI is InChI=1S/C24H26O3/c1-23-11-10-21-19-8-4-15-12-17(26)7-9-18(15)22(19)20(13-24(21,23)27-23)14-2-5-16(25)6-3-14/h2-3,5-6,12,19-21,25H,4,7-11,13H2,1H3/t19-,20+,21-,23-,24+/m0/s1. The molecule has 0 amide bonds. The van der Waals surface area contributed by atoms with Crippen LogP contribution in [0.2, 0.25) is 0 Å². The monoisotopic (exact) mass is 362 g/mol. The average molecular weight is 362 g/mol. The van der Waals surface area contributed by atoms with Crippen molar-refractivity contribution in [2.45, 2.75) is 69.0 Å². The Morgan fingerprint density at radius 3 is 2.70 bits per heavy atom. The van der Waals surface area contributed by atoms with E-state index in [2.05, 4.69) is 19.1 Å². The highest BCUT2D eigenvalue weighted by Crippen LogP contribution is 2.73. The van der Waals surface area contributed by atoms with Crippen LogP contribution < -0.4 is 0 Å². The van der Waals surface area contributed by atoms with Gasteiger partial charge in [0.1, 0.15) is 11.4 Å². The molecule has 2 saturated carbocycles. The van der Waals surface area contributed by atoms with Crippen molar-refractivity contribution < 1.29 is 14.6 Å². The molecule has 3 nitrogen and oxygen atoms in total. The minimum Gasteiger partial charge on any atom is -0.508 e. The predicted octanol–water partition coefficient (Wildman–Crippen LogP) is 4.81. The number of ether oxygens (including phenoxy) is 1. The first-order valence-corrected chi connectivity index (χ1v) is 10.5. The molecule has 3 heteroatoms. The van der Waals surface area contributed by atoms with Crippen molar-refractivity contribution in [3.05, 3.63) is 52.6 Å². The molecule has 1 saturated heterocycles. The maximum absolute atomic E-state index is 12.0.